The fourth-order valence-electron chi connectivity index (χ4n) is 3.89. The number of rotatable bonds is 20. The Labute approximate surface area is 192 Å². The van der Waals surface area contributed by atoms with E-state index in [0.29, 0.717) is 6.61 Å². The van der Waals surface area contributed by atoms with E-state index in [1.54, 1.807) is 0 Å². The van der Waals surface area contributed by atoms with Crippen LogP contribution in [0.15, 0.2) is 0 Å². The number of hydrogen-bond donors (Lipinski definition) is 0. The Hall–Kier alpha value is -0.200. The van der Waals surface area contributed by atoms with Crippen molar-refractivity contribution in [2.45, 2.75) is 136 Å². The van der Waals surface area contributed by atoms with Gasteiger partial charge in [-0.1, -0.05) is 73.1 Å². The summed E-state index contributed by atoms with van der Waals surface area (Å²) in [5.41, 5.74) is 0. The lowest BCUT2D eigenvalue weighted by molar-refractivity contribution is -0.267. The molecule has 0 radical (unpaired) electrons. The average molecular weight is 445 g/mol. The summed E-state index contributed by atoms with van der Waals surface area (Å²) in [7, 11) is 0. The van der Waals surface area contributed by atoms with Gasteiger partial charge >= 0.3 is 0 Å². The minimum atomic E-state index is -0.144. The molecule has 0 bridgehead atoms. The van der Waals surface area contributed by atoms with Gasteiger partial charge in [-0.15, -0.1) is 0 Å². The molecule has 0 N–H and O–H groups in total. The van der Waals surface area contributed by atoms with Gasteiger partial charge in [0.1, 0.15) is 24.4 Å². The van der Waals surface area contributed by atoms with Crippen LogP contribution in [0.25, 0.3) is 0 Å². The third-order valence-corrected chi connectivity index (χ3v) is 5.92. The molecule has 1 aliphatic rings. The second kappa shape index (κ2) is 19.3. The van der Waals surface area contributed by atoms with E-state index < -0.39 is 0 Å². The molecular weight excluding hydrogens is 392 g/mol. The molecule has 0 aliphatic carbocycles. The summed E-state index contributed by atoms with van der Waals surface area (Å²) < 4.78 is 32.0. The first kappa shape index (κ1) is 28.8. The predicted molar refractivity (Wildman–Crippen MR) is 128 cm³/mol. The summed E-state index contributed by atoms with van der Waals surface area (Å²) >= 11 is 0. The van der Waals surface area contributed by atoms with Crippen molar-refractivity contribution in [3.05, 3.63) is 0 Å². The molecule has 1 rings (SSSR count). The van der Waals surface area contributed by atoms with Crippen LogP contribution < -0.4 is 0 Å². The summed E-state index contributed by atoms with van der Waals surface area (Å²) in [6, 6.07) is 0. The van der Waals surface area contributed by atoms with E-state index in [2.05, 4.69) is 34.6 Å². The van der Waals surface area contributed by atoms with Crippen LogP contribution in [0.3, 0.4) is 0 Å². The molecular formula is C26H52O5. The molecule has 1 aliphatic heterocycles. The first-order valence-corrected chi connectivity index (χ1v) is 13.3. The van der Waals surface area contributed by atoms with Crippen LogP contribution in [0.1, 0.15) is 105 Å². The van der Waals surface area contributed by atoms with Gasteiger partial charge in [0.2, 0.25) is 0 Å². The standard InChI is InChI=1S/C26H52O5/c1-6-11-16-22-24(28-18-13-8-3)26(30-20-15-10-5)25(29-19-14-9-4)23(31-22)21-27-17-12-7-2/h22-26H,6-21H2,1-5H3/t22-,23+,24-,25+,26+/m0/s1. The van der Waals surface area contributed by atoms with Gasteiger partial charge in [0.25, 0.3) is 0 Å². The maximum atomic E-state index is 6.64. The quantitative estimate of drug-likeness (QED) is 0.206. The van der Waals surface area contributed by atoms with Gasteiger partial charge in [0.05, 0.1) is 12.7 Å². The van der Waals surface area contributed by atoms with E-state index in [1.807, 2.05) is 0 Å². The summed E-state index contributed by atoms with van der Waals surface area (Å²) in [6.45, 7) is 14.6. The van der Waals surface area contributed by atoms with Gasteiger partial charge in [0.15, 0.2) is 0 Å². The van der Waals surface area contributed by atoms with E-state index >= 15 is 0 Å². The Morgan fingerprint density at radius 2 is 0.968 bits per heavy atom. The third-order valence-electron chi connectivity index (χ3n) is 5.92. The third kappa shape index (κ3) is 11.5. The van der Waals surface area contributed by atoms with Crippen LogP contribution in [0, 0.1) is 0 Å². The van der Waals surface area contributed by atoms with Gasteiger partial charge in [-0.2, -0.15) is 0 Å². The Kier molecular flexibility index (Phi) is 17.9. The highest BCUT2D eigenvalue weighted by Gasteiger charge is 2.47. The van der Waals surface area contributed by atoms with E-state index in [-0.39, 0.29) is 30.5 Å². The molecule has 5 atom stereocenters. The number of ether oxygens (including phenoxy) is 5. The maximum absolute atomic E-state index is 6.64. The highest BCUT2D eigenvalue weighted by atomic mass is 16.6. The Morgan fingerprint density at radius 3 is 1.48 bits per heavy atom. The summed E-state index contributed by atoms with van der Waals surface area (Å²) in [5, 5.41) is 0. The van der Waals surface area contributed by atoms with Crippen molar-refractivity contribution in [1.82, 2.24) is 0 Å². The highest BCUT2D eigenvalue weighted by Crippen LogP contribution is 2.31. The van der Waals surface area contributed by atoms with Crippen LogP contribution in [-0.4, -0.2) is 63.6 Å². The van der Waals surface area contributed by atoms with E-state index in [1.165, 1.54) is 0 Å². The Morgan fingerprint density at radius 1 is 0.516 bits per heavy atom. The molecule has 0 aromatic carbocycles. The van der Waals surface area contributed by atoms with Crippen LogP contribution in [-0.2, 0) is 23.7 Å². The fourth-order valence-corrected chi connectivity index (χ4v) is 3.89. The first-order valence-electron chi connectivity index (χ1n) is 13.3. The van der Waals surface area contributed by atoms with Gasteiger partial charge < -0.3 is 23.7 Å². The largest absolute Gasteiger partial charge is 0.379 e. The molecule has 5 heteroatoms. The molecule has 1 fully saturated rings. The van der Waals surface area contributed by atoms with Crippen molar-refractivity contribution in [3.63, 3.8) is 0 Å². The molecule has 1 saturated heterocycles. The molecule has 0 aromatic heterocycles. The van der Waals surface area contributed by atoms with Crippen LogP contribution in [0.4, 0.5) is 0 Å². The van der Waals surface area contributed by atoms with Gasteiger partial charge in [-0.05, 0) is 32.1 Å². The average Bonchev–Trinajstić information content (AvgIpc) is 2.78. The normalized spacial score (nSPS) is 26.4. The topological polar surface area (TPSA) is 46.2 Å². The van der Waals surface area contributed by atoms with Crippen molar-refractivity contribution in [2.75, 3.05) is 33.0 Å². The number of unbranched alkanes of at least 4 members (excludes halogenated alkanes) is 5. The van der Waals surface area contributed by atoms with Gasteiger partial charge in [-0.25, -0.2) is 0 Å². The zero-order valence-electron chi connectivity index (χ0n) is 21.2. The molecule has 1 heterocycles. The van der Waals surface area contributed by atoms with E-state index in [9.17, 15) is 0 Å². The lowest BCUT2D eigenvalue weighted by Crippen LogP contribution is -2.61. The molecule has 0 unspecified atom stereocenters. The predicted octanol–water partition coefficient (Wildman–Crippen LogP) is 6.32. The summed E-state index contributed by atoms with van der Waals surface area (Å²) in [5.74, 6) is 0. The van der Waals surface area contributed by atoms with Crippen molar-refractivity contribution in [1.29, 1.82) is 0 Å². The number of hydrogen-bond acceptors (Lipinski definition) is 5. The second-order valence-electron chi connectivity index (χ2n) is 8.85. The molecule has 31 heavy (non-hydrogen) atoms. The Balaban J connectivity index is 3.01. The van der Waals surface area contributed by atoms with Crippen molar-refractivity contribution in [2.24, 2.45) is 0 Å². The summed E-state index contributed by atoms with van der Waals surface area (Å²) in [4.78, 5) is 0. The molecule has 186 valence electrons. The van der Waals surface area contributed by atoms with Crippen molar-refractivity contribution >= 4 is 0 Å². The molecule has 5 nitrogen and oxygen atoms in total. The van der Waals surface area contributed by atoms with E-state index in [0.717, 1.165) is 97.1 Å². The van der Waals surface area contributed by atoms with Crippen molar-refractivity contribution < 1.29 is 23.7 Å². The molecule has 0 amide bonds. The molecule has 0 spiro atoms. The van der Waals surface area contributed by atoms with Gasteiger partial charge in [0, 0.05) is 26.4 Å². The van der Waals surface area contributed by atoms with Gasteiger partial charge in [-0.3, -0.25) is 0 Å². The second-order valence-corrected chi connectivity index (χ2v) is 8.85. The zero-order chi connectivity index (χ0) is 22.7. The fraction of sp³-hybridized carbons (Fsp3) is 1.00. The van der Waals surface area contributed by atoms with Crippen LogP contribution in [0.5, 0.6) is 0 Å². The zero-order valence-corrected chi connectivity index (χ0v) is 21.2. The molecule has 0 saturated carbocycles. The molecule has 0 aromatic rings. The summed E-state index contributed by atoms with van der Waals surface area (Å²) in [6.07, 6.45) is 11.6. The monoisotopic (exact) mass is 444 g/mol. The minimum Gasteiger partial charge on any atom is -0.379 e. The SMILES string of the molecule is CCCCOC[C@H]1O[C@@H](CCCC)[C@H](OCCCC)[C@@H](OCCCC)[C@@H]1OCCCC. The van der Waals surface area contributed by atoms with Crippen LogP contribution >= 0.6 is 0 Å². The smallest absolute Gasteiger partial charge is 0.115 e. The van der Waals surface area contributed by atoms with E-state index in [4.69, 9.17) is 23.7 Å². The first-order chi connectivity index (χ1) is 15.2. The highest BCUT2D eigenvalue weighted by molar-refractivity contribution is 4.95. The lowest BCUT2D eigenvalue weighted by Gasteiger charge is -2.46. The van der Waals surface area contributed by atoms with Crippen LogP contribution in [0.2, 0.25) is 0 Å². The van der Waals surface area contributed by atoms with Crippen molar-refractivity contribution in [3.8, 4) is 0 Å². The minimum absolute atomic E-state index is 0.0363. The Bertz CT molecular complexity index is 392. The maximum Gasteiger partial charge on any atom is 0.115 e. The lowest BCUT2D eigenvalue weighted by atomic mass is 9.91.